The van der Waals surface area contributed by atoms with Crippen molar-refractivity contribution in [3.63, 3.8) is 0 Å². The molecule has 2 aromatic rings. The predicted molar refractivity (Wildman–Crippen MR) is 53.9 cm³/mol. The van der Waals surface area contributed by atoms with Crippen molar-refractivity contribution in [2.24, 2.45) is 0 Å². The number of aryl methyl sites for hydroxylation is 1. The van der Waals surface area contributed by atoms with Gasteiger partial charge in [0.15, 0.2) is 0 Å². The van der Waals surface area contributed by atoms with Crippen LogP contribution in [0.3, 0.4) is 0 Å². The highest BCUT2D eigenvalue weighted by atomic mass is 32.1. The van der Waals surface area contributed by atoms with E-state index in [0.717, 1.165) is 17.1 Å². The predicted octanol–water partition coefficient (Wildman–Crippen LogP) is 3.33. The highest BCUT2D eigenvalue weighted by molar-refractivity contribution is 7.14. The molecule has 0 amide bonds. The number of aromatic nitrogens is 2. The van der Waals surface area contributed by atoms with Crippen LogP contribution in [-0.2, 0) is 6.18 Å². The quantitative estimate of drug-likeness (QED) is 0.767. The second-order valence-electron chi connectivity index (χ2n) is 3.12. The largest absolute Gasteiger partial charge is 0.417 e. The van der Waals surface area contributed by atoms with E-state index in [0.29, 0.717) is 10.7 Å². The summed E-state index contributed by atoms with van der Waals surface area (Å²) in [5.41, 5.74) is -0.323. The van der Waals surface area contributed by atoms with Gasteiger partial charge in [-0.2, -0.15) is 13.2 Å². The van der Waals surface area contributed by atoms with Gasteiger partial charge in [0.05, 0.1) is 11.3 Å². The molecule has 0 aliphatic heterocycles. The Morgan fingerprint density at radius 1 is 1.31 bits per heavy atom. The maximum Gasteiger partial charge on any atom is 0.417 e. The first kappa shape index (κ1) is 11.1. The third kappa shape index (κ3) is 2.21. The zero-order valence-corrected chi connectivity index (χ0v) is 8.99. The summed E-state index contributed by atoms with van der Waals surface area (Å²) in [6, 6.07) is 2.31. The van der Waals surface area contributed by atoms with Gasteiger partial charge >= 0.3 is 6.18 Å². The molecule has 2 nitrogen and oxygen atoms in total. The van der Waals surface area contributed by atoms with Crippen molar-refractivity contribution in [2.45, 2.75) is 13.1 Å². The molecule has 0 spiro atoms. The molecule has 0 bridgehead atoms. The standard InChI is InChI=1S/C10H6F3N2S/c1-6-4-15-9(16-6)8-3-2-7(5-14-8)10(11,12)13/h2-3,5H,1H3. The maximum atomic E-state index is 12.3. The fourth-order valence-corrected chi connectivity index (χ4v) is 1.82. The zero-order valence-electron chi connectivity index (χ0n) is 8.17. The van der Waals surface area contributed by atoms with Crippen LogP contribution < -0.4 is 0 Å². The summed E-state index contributed by atoms with van der Waals surface area (Å²) in [6.45, 7) is 1.82. The Kier molecular flexibility index (Phi) is 2.67. The molecule has 0 aliphatic rings. The lowest BCUT2D eigenvalue weighted by Crippen LogP contribution is -2.05. The molecule has 83 valence electrons. The fraction of sp³-hybridized carbons (Fsp3) is 0.200. The minimum absolute atomic E-state index is 0.433. The molecule has 16 heavy (non-hydrogen) atoms. The first-order valence-electron chi connectivity index (χ1n) is 4.35. The van der Waals surface area contributed by atoms with Gasteiger partial charge in [-0.25, -0.2) is 4.98 Å². The molecule has 0 saturated carbocycles. The Labute approximate surface area is 93.8 Å². The van der Waals surface area contributed by atoms with Crippen LogP contribution in [0.15, 0.2) is 18.3 Å². The minimum atomic E-state index is -4.35. The van der Waals surface area contributed by atoms with E-state index < -0.39 is 11.7 Å². The van der Waals surface area contributed by atoms with Gasteiger partial charge in [-0.1, -0.05) is 0 Å². The van der Waals surface area contributed by atoms with E-state index in [9.17, 15) is 13.2 Å². The van der Waals surface area contributed by atoms with Crippen LogP contribution >= 0.6 is 11.3 Å². The number of thiazole rings is 1. The van der Waals surface area contributed by atoms with Crippen molar-refractivity contribution in [3.8, 4) is 10.7 Å². The molecule has 0 aromatic carbocycles. The van der Waals surface area contributed by atoms with Gasteiger partial charge in [-0.05, 0) is 19.1 Å². The van der Waals surface area contributed by atoms with Crippen LogP contribution in [0.25, 0.3) is 10.7 Å². The van der Waals surface area contributed by atoms with Crippen LogP contribution in [0.4, 0.5) is 13.2 Å². The van der Waals surface area contributed by atoms with Crippen LogP contribution in [-0.4, -0.2) is 9.97 Å². The lowest BCUT2D eigenvalue weighted by atomic mass is 10.2. The number of hydrogen-bond donors (Lipinski definition) is 0. The molecule has 0 saturated heterocycles. The van der Waals surface area contributed by atoms with Crippen molar-refractivity contribution in [1.82, 2.24) is 9.97 Å². The Hall–Kier alpha value is -1.43. The van der Waals surface area contributed by atoms with Crippen molar-refractivity contribution in [2.75, 3.05) is 0 Å². The van der Waals surface area contributed by atoms with E-state index in [4.69, 9.17) is 0 Å². The number of nitrogens with zero attached hydrogens (tertiary/aromatic N) is 2. The number of pyridine rings is 1. The maximum absolute atomic E-state index is 12.3. The third-order valence-corrected chi connectivity index (χ3v) is 2.77. The van der Waals surface area contributed by atoms with E-state index in [1.54, 1.807) is 0 Å². The summed E-state index contributed by atoms with van der Waals surface area (Å²) in [6.07, 6.45) is -0.821. The van der Waals surface area contributed by atoms with Crippen LogP contribution in [0.5, 0.6) is 0 Å². The molecule has 6 heteroatoms. The topological polar surface area (TPSA) is 25.8 Å². The van der Waals surface area contributed by atoms with Gasteiger partial charge in [0.1, 0.15) is 11.2 Å². The molecule has 2 heterocycles. The molecule has 0 N–H and O–H groups in total. The Morgan fingerprint density at radius 2 is 2.06 bits per heavy atom. The van der Waals surface area contributed by atoms with Crippen LogP contribution in [0.2, 0.25) is 0 Å². The highest BCUT2D eigenvalue weighted by Gasteiger charge is 2.30. The normalized spacial score (nSPS) is 11.8. The van der Waals surface area contributed by atoms with E-state index in [1.165, 1.54) is 17.4 Å². The van der Waals surface area contributed by atoms with Gasteiger partial charge in [0.2, 0.25) is 0 Å². The lowest BCUT2D eigenvalue weighted by Gasteiger charge is -2.05. The van der Waals surface area contributed by atoms with E-state index in [-0.39, 0.29) is 0 Å². The van der Waals surface area contributed by atoms with Gasteiger partial charge < -0.3 is 0 Å². The van der Waals surface area contributed by atoms with Gasteiger partial charge in [0.25, 0.3) is 0 Å². The number of hydrogen-bond acceptors (Lipinski definition) is 3. The number of halogens is 3. The van der Waals surface area contributed by atoms with Crippen LogP contribution in [0.1, 0.15) is 10.4 Å². The molecule has 0 unspecified atom stereocenters. The molecular formula is C10H6F3N2S. The van der Waals surface area contributed by atoms with Crippen molar-refractivity contribution in [3.05, 3.63) is 35.0 Å². The zero-order chi connectivity index (χ0) is 11.8. The molecule has 2 rings (SSSR count). The minimum Gasteiger partial charge on any atom is -0.253 e. The molecule has 0 fully saturated rings. The second kappa shape index (κ2) is 3.86. The second-order valence-corrected chi connectivity index (χ2v) is 4.32. The molecule has 1 radical (unpaired) electrons. The molecular weight excluding hydrogens is 237 g/mol. The van der Waals surface area contributed by atoms with E-state index in [2.05, 4.69) is 16.2 Å². The molecule has 2 aromatic heterocycles. The van der Waals surface area contributed by atoms with Crippen molar-refractivity contribution < 1.29 is 13.2 Å². The number of rotatable bonds is 1. The summed E-state index contributed by atoms with van der Waals surface area (Å²) in [7, 11) is 0. The first-order valence-corrected chi connectivity index (χ1v) is 5.17. The summed E-state index contributed by atoms with van der Waals surface area (Å²) < 4.78 is 36.8. The summed E-state index contributed by atoms with van der Waals surface area (Å²) in [5, 5.41) is 0.575. The van der Waals surface area contributed by atoms with E-state index in [1.807, 2.05) is 6.92 Å². The Balaban J connectivity index is 2.33. The smallest absolute Gasteiger partial charge is 0.253 e. The summed E-state index contributed by atoms with van der Waals surface area (Å²) >= 11 is 1.34. The summed E-state index contributed by atoms with van der Waals surface area (Å²) in [4.78, 5) is 8.54. The SMILES string of the molecule is Cc1[c]nc(-c2ccc(C(F)(F)F)cn2)s1. The Bertz CT molecular complexity index is 488. The highest BCUT2D eigenvalue weighted by Crippen LogP contribution is 2.30. The summed E-state index contributed by atoms with van der Waals surface area (Å²) in [5.74, 6) is 0. The van der Waals surface area contributed by atoms with Crippen molar-refractivity contribution in [1.29, 1.82) is 0 Å². The number of alkyl halides is 3. The average molecular weight is 243 g/mol. The third-order valence-electron chi connectivity index (χ3n) is 1.87. The van der Waals surface area contributed by atoms with Crippen molar-refractivity contribution >= 4 is 11.3 Å². The molecule has 0 atom stereocenters. The fourth-order valence-electron chi connectivity index (χ4n) is 1.12. The average Bonchev–Trinajstić information content (AvgIpc) is 2.64. The van der Waals surface area contributed by atoms with Crippen LogP contribution in [0, 0.1) is 13.1 Å². The first-order chi connectivity index (χ1) is 7.47. The monoisotopic (exact) mass is 243 g/mol. The van der Waals surface area contributed by atoms with Gasteiger partial charge in [0, 0.05) is 11.1 Å². The van der Waals surface area contributed by atoms with Gasteiger partial charge in [-0.15, -0.1) is 11.3 Å². The lowest BCUT2D eigenvalue weighted by molar-refractivity contribution is -0.137. The Morgan fingerprint density at radius 3 is 2.50 bits per heavy atom. The van der Waals surface area contributed by atoms with E-state index >= 15 is 0 Å². The molecule has 0 aliphatic carbocycles. The van der Waals surface area contributed by atoms with Gasteiger partial charge in [-0.3, -0.25) is 4.98 Å².